The van der Waals surface area contributed by atoms with E-state index in [4.69, 9.17) is 4.42 Å². The molecule has 0 aliphatic carbocycles. The maximum atomic E-state index is 13.9. The molecule has 0 radical (unpaired) electrons. The number of nitrogens with one attached hydrogen (secondary N) is 1. The number of hydrogen-bond acceptors (Lipinski definition) is 4. The monoisotopic (exact) mass is 449 g/mol. The van der Waals surface area contributed by atoms with Gasteiger partial charge in [-0.25, -0.2) is 9.18 Å². The van der Waals surface area contributed by atoms with Crippen LogP contribution in [0, 0.1) is 23.6 Å². The van der Waals surface area contributed by atoms with E-state index in [2.05, 4.69) is 28.1 Å². The number of carbonyl (C=O) groups is 2. The summed E-state index contributed by atoms with van der Waals surface area (Å²) in [6, 6.07) is 9.57. The third-order valence-electron chi connectivity index (χ3n) is 6.46. The van der Waals surface area contributed by atoms with E-state index < -0.39 is 11.6 Å². The van der Waals surface area contributed by atoms with E-state index in [1.165, 1.54) is 17.0 Å². The molecule has 1 N–H and O–H groups in total. The van der Waals surface area contributed by atoms with E-state index in [-0.39, 0.29) is 30.6 Å². The molecule has 2 aromatic rings. The maximum absolute atomic E-state index is 13.9. The Kier molecular flexibility index (Phi) is 6.95. The number of carbonyl (C=O) groups excluding carboxylic acids is 2. The Morgan fingerprint density at radius 2 is 2.06 bits per heavy atom. The van der Waals surface area contributed by atoms with Crippen molar-refractivity contribution in [3.8, 4) is 11.8 Å². The van der Waals surface area contributed by atoms with E-state index >= 15 is 0 Å². The summed E-state index contributed by atoms with van der Waals surface area (Å²) in [4.78, 5) is 29.8. The number of halogens is 1. The lowest BCUT2D eigenvalue weighted by atomic mass is 9.74. The lowest BCUT2D eigenvalue weighted by Crippen LogP contribution is -2.57. The second-order valence-electron chi connectivity index (χ2n) is 8.52. The smallest absolute Gasteiger partial charge is 0.325 e. The van der Waals surface area contributed by atoms with Gasteiger partial charge in [-0.1, -0.05) is 24.1 Å². The van der Waals surface area contributed by atoms with E-state index in [0.717, 1.165) is 38.2 Å². The Morgan fingerprint density at radius 1 is 1.24 bits per heavy atom. The Hall–Kier alpha value is -3.37. The van der Waals surface area contributed by atoms with E-state index in [1.807, 2.05) is 18.2 Å². The summed E-state index contributed by atoms with van der Waals surface area (Å²) in [5.74, 6) is 5.70. The van der Waals surface area contributed by atoms with Crippen LogP contribution >= 0.6 is 0 Å². The number of benzene rings is 1. The van der Waals surface area contributed by atoms with Crippen LogP contribution in [0.15, 0.2) is 53.2 Å². The van der Waals surface area contributed by atoms with Crippen molar-refractivity contribution in [2.75, 3.05) is 26.2 Å². The summed E-state index contributed by atoms with van der Waals surface area (Å²) in [5, 5.41) is 2.99. The molecular formula is C26H28FN3O3. The van der Waals surface area contributed by atoms with Crippen molar-refractivity contribution in [2.24, 2.45) is 5.92 Å². The molecule has 1 atom stereocenters. The second kappa shape index (κ2) is 10.1. The van der Waals surface area contributed by atoms with Gasteiger partial charge in [0.05, 0.1) is 12.8 Å². The van der Waals surface area contributed by atoms with Crippen molar-refractivity contribution in [3.63, 3.8) is 0 Å². The molecule has 0 unspecified atom stereocenters. The molecule has 33 heavy (non-hydrogen) atoms. The highest BCUT2D eigenvalue weighted by atomic mass is 19.1. The molecule has 4 rings (SSSR count). The molecule has 2 aliphatic heterocycles. The summed E-state index contributed by atoms with van der Waals surface area (Å²) in [6.45, 7) is 4.12. The fourth-order valence-corrected chi connectivity index (χ4v) is 4.77. The highest BCUT2D eigenvalue weighted by Gasteiger charge is 2.55. The van der Waals surface area contributed by atoms with Crippen LogP contribution in [0.4, 0.5) is 9.18 Å². The summed E-state index contributed by atoms with van der Waals surface area (Å²) >= 11 is 0. The quantitative estimate of drug-likeness (QED) is 0.517. The molecule has 6 nitrogen and oxygen atoms in total. The molecular weight excluding hydrogens is 421 g/mol. The predicted molar refractivity (Wildman–Crippen MR) is 123 cm³/mol. The van der Waals surface area contributed by atoms with Crippen molar-refractivity contribution < 1.29 is 18.4 Å². The minimum absolute atomic E-state index is 0.0536. The largest absolute Gasteiger partial charge is 0.465 e. The van der Waals surface area contributed by atoms with Crippen molar-refractivity contribution in [3.05, 3.63) is 65.9 Å². The SMILES string of the molecule is CC#CCN1C(=O)N[C@@](Cc2cccc(F)c2)(C2CCN(C/C=C/c3ccco3)CC2)C1=O. The molecule has 0 saturated carbocycles. The van der Waals surface area contributed by atoms with E-state index in [9.17, 15) is 14.0 Å². The van der Waals surface area contributed by atoms with Gasteiger partial charge in [0.25, 0.3) is 5.91 Å². The molecule has 7 heteroatoms. The average molecular weight is 450 g/mol. The topological polar surface area (TPSA) is 65.8 Å². The van der Waals surface area contributed by atoms with Crippen molar-refractivity contribution in [1.29, 1.82) is 0 Å². The van der Waals surface area contributed by atoms with Crippen molar-refractivity contribution in [1.82, 2.24) is 15.1 Å². The van der Waals surface area contributed by atoms with Gasteiger partial charge in [0, 0.05) is 13.0 Å². The molecule has 1 aromatic heterocycles. The first-order chi connectivity index (χ1) is 16.0. The molecule has 3 heterocycles. The maximum Gasteiger partial charge on any atom is 0.325 e. The molecule has 3 amide bonds. The first-order valence-electron chi connectivity index (χ1n) is 11.2. The zero-order valence-electron chi connectivity index (χ0n) is 18.7. The fraction of sp³-hybridized carbons (Fsp3) is 0.385. The van der Waals surface area contributed by atoms with Crippen LogP contribution in [0.25, 0.3) is 6.08 Å². The van der Waals surface area contributed by atoms with Gasteiger partial charge >= 0.3 is 6.03 Å². The first kappa shape index (κ1) is 22.8. The number of urea groups is 1. The van der Waals surface area contributed by atoms with Crippen LogP contribution in [0.5, 0.6) is 0 Å². The number of imide groups is 1. The molecule has 172 valence electrons. The van der Waals surface area contributed by atoms with Gasteiger partial charge in [-0.3, -0.25) is 14.6 Å². The van der Waals surface area contributed by atoms with Crippen LogP contribution in [-0.2, 0) is 11.2 Å². The summed E-state index contributed by atoms with van der Waals surface area (Å²) in [6.07, 6.45) is 7.42. The van der Waals surface area contributed by atoms with Crippen LogP contribution in [0.2, 0.25) is 0 Å². The van der Waals surface area contributed by atoms with Gasteiger partial charge in [-0.05, 0) is 74.7 Å². The highest BCUT2D eigenvalue weighted by Crippen LogP contribution is 2.36. The minimum atomic E-state index is -1.09. The Labute approximate surface area is 193 Å². The number of furan rings is 1. The highest BCUT2D eigenvalue weighted by molar-refractivity contribution is 6.07. The molecule has 1 aromatic carbocycles. The number of amides is 3. The number of hydrogen-bond donors (Lipinski definition) is 1. The molecule has 2 aliphatic rings. The first-order valence-corrected chi connectivity index (χ1v) is 11.2. The predicted octanol–water partition coefficient (Wildman–Crippen LogP) is 3.70. The Balaban J connectivity index is 1.50. The van der Waals surface area contributed by atoms with Gasteiger partial charge in [-0.15, -0.1) is 5.92 Å². The Bertz CT molecular complexity index is 1080. The summed E-state index contributed by atoms with van der Waals surface area (Å²) in [7, 11) is 0. The van der Waals surface area contributed by atoms with Crippen LogP contribution in [0.3, 0.4) is 0 Å². The zero-order chi connectivity index (χ0) is 23.3. The van der Waals surface area contributed by atoms with Gasteiger partial charge in [0.1, 0.15) is 17.1 Å². The van der Waals surface area contributed by atoms with Crippen LogP contribution < -0.4 is 5.32 Å². The molecule has 2 fully saturated rings. The third kappa shape index (κ3) is 5.01. The standard InChI is InChI=1S/C26H28FN3O3/c1-2-3-14-30-24(31)26(28-25(30)32,19-20-7-4-8-22(27)18-20)21-11-15-29(16-12-21)13-5-9-23-10-6-17-33-23/h4-10,17-18,21H,11-16,19H2,1H3,(H,28,32)/b9-5+/t26-/m0/s1. The molecule has 0 bridgehead atoms. The summed E-state index contributed by atoms with van der Waals surface area (Å²) < 4.78 is 19.2. The number of nitrogens with zero attached hydrogens (tertiary/aromatic N) is 2. The normalized spacial score (nSPS) is 21.9. The van der Waals surface area contributed by atoms with Gasteiger partial charge in [-0.2, -0.15) is 0 Å². The van der Waals surface area contributed by atoms with Gasteiger partial charge < -0.3 is 9.73 Å². The zero-order valence-corrected chi connectivity index (χ0v) is 18.7. The van der Waals surface area contributed by atoms with Gasteiger partial charge in [0.2, 0.25) is 0 Å². The van der Waals surface area contributed by atoms with Crippen LogP contribution in [0.1, 0.15) is 31.1 Å². The third-order valence-corrected chi connectivity index (χ3v) is 6.46. The lowest BCUT2D eigenvalue weighted by Gasteiger charge is -2.40. The van der Waals surface area contributed by atoms with E-state index in [1.54, 1.807) is 25.3 Å². The number of piperidine rings is 1. The lowest BCUT2D eigenvalue weighted by molar-refractivity contribution is -0.133. The van der Waals surface area contributed by atoms with Gasteiger partial charge in [0.15, 0.2) is 0 Å². The average Bonchev–Trinajstić information content (AvgIpc) is 3.40. The second-order valence-corrected chi connectivity index (χ2v) is 8.52. The number of rotatable bonds is 7. The van der Waals surface area contributed by atoms with Crippen molar-refractivity contribution in [2.45, 2.75) is 31.7 Å². The minimum Gasteiger partial charge on any atom is -0.465 e. The van der Waals surface area contributed by atoms with E-state index in [0.29, 0.717) is 5.56 Å². The fourth-order valence-electron chi connectivity index (χ4n) is 4.77. The van der Waals surface area contributed by atoms with Crippen molar-refractivity contribution >= 4 is 18.0 Å². The van der Waals surface area contributed by atoms with Crippen LogP contribution in [-0.4, -0.2) is 53.5 Å². The Morgan fingerprint density at radius 3 is 2.76 bits per heavy atom. The molecule has 2 saturated heterocycles. The number of likely N-dealkylation sites (tertiary alicyclic amines) is 1. The molecule has 0 spiro atoms. The summed E-state index contributed by atoms with van der Waals surface area (Å²) in [5.41, 5.74) is -0.396.